The normalized spacial score (nSPS) is 9.57. The molecule has 0 bridgehead atoms. The van der Waals surface area contributed by atoms with Crippen LogP contribution in [0.4, 0.5) is 5.69 Å². The van der Waals surface area contributed by atoms with E-state index < -0.39 is 0 Å². The fourth-order valence-corrected chi connectivity index (χ4v) is 1.13. The summed E-state index contributed by atoms with van der Waals surface area (Å²) in [6.45, 7) is 3.02. The van der Waals surface area contributed by atoms with E-state index in [2.05, 4.69) is 5.32 Å². The molecule has 4 heteroatoms. The first kappa shape index (κ1) is 10.2. The van der Waals surface area contributed by atoms with Crippen molar-refractivity contribution in [1.82, 2.24) is 0 Å². The second kappa shape index (κ2) is 3.91. The number of hydrogen-bond acceptors (Lipinski definition) is 3. The zero-order valence-corrected chi connectivity index (χ0v) is 8.00. The Kier molecular flexibility index (Phi) is 2.86. The molecule has 0 aliphatic heterocycles. The van der Waals surface area contributed by atoms with Crippen LogP contribution in [-0.2, 0) is 4.79 Å². The summed E-state index contributed by atoms with van der Waals surface area (Å²) in [4.78, 5) is 21.4. The fraction of sp³-hybridized carbons (Fsp3) is 0.200. The van der Waals surface area contributed by atoms with Crippen LogP contribution in [0.5, 0.6) is 5.75 Å². The summed E-state index contributed by atoms with van der Waals surface area (Å²) in [5.74, 6) is -0.373. The Morgan fingerprint density at radius 2 is 2.14 bits per heavy atom. The van der Waals surface area contributed by atoms with E-state index in [0.717, 1.165) is 0 Å². The van der Waals surface area contributed by atoms with Crippen molar-refractivity contribution in [3.63, 3.8) is 0 Å². The first-order valence-corrected chi connectivity index (χ1v) is 4.11. The third kappa shape index (κ3) is 1.90. The van der Waals surface area contributed by atoms with Crippen molar-refractivity contribution in [2.75, 3.05) is 5.32 Å². The Morgan fingerprint density at radius 3 is 2.64 bits per heavy atom. The molecule has 74 valence electrons. The number of aryl methyl sites for hydroxylation is 1. The number of nitrogens with one attached hydrogen (secondary N) is 1. The van der Waals surface area contributed by atoms with Gasteiger partial charge in [-0.05, 0) is 18.6 Å². The van der Waals surface area contributed by atoms with Crippen molar-refractivity contribution in [1.29, 1.82) is 0 Å². The molecule has 14 heavy (non-hydrogen) atoms. The van der Waals surface area contributed by atoms with Crippen molar-refractivity contribution in [3.05, 3.63) is 23.3 Å². The lowest BCUT2D eigenvalue weighted by atomic mass is 10.1. The van der Waals surface area contributed by atoms with Gasteiger partial charge in [-0.25, -0.2) is 0 Å². The summed E-state index contributed by atoms with van der Waals surface area (Å²) in [6.07, 6.45) is 0.521. The molecular formula is C10H11NO3. The SMILES string of the molecule is CC(=O)Nc1ccc(C)c(O)c1C=O. The van der Waals surface area contributed by atoms with Gasteiger partial charge in [0.1, 0.15) is 5.75 Å². The Hall–Kier alpha value is -1.84. The molecule has 4 nitrogen and oxygen atoms in total. The maximum atomic E-state index is 10.8. The lowest BCUT2D eigenvalue weighted by molar-refractivity contribution is -0.114. The maximum Gasteiger partial charge on any atom is 0.221 e. The summed E-state index contributed by atoms with van der Waals surface area (Å²) in [7, 11) is 0. The van der Waals surface area contributed by atoms with E-state index >= 15 is 0 Å². The average molecular weight is 193 g/mol. The molecule has 0 aromatic heterocycles. The van der Waals surface area contributed by atoms with Gasteiger partial charge in [0, 0.05) is 6.92 Å². The average Bonchev–Trinajstić information content (AvgIpc) is 2.11. The quantitative estimate of drug-likeness (QED) is 0.699. The standard InChI is InChI=1S/C10H11NO3/c1-6-3-4-9(11-7(2)13)8(5-12)10(6)14/h3-5,14H,1-2H3,(H,11,13). The van der Waals surface area contributed by atoms with Gasteiger partial charge in [-0.3, -0.25) is 9.59 Å². The number of aromatic hydroxyl groups is 1. The highest BCUT2D eigenvalue weighted by Crippen LogP contribution is 2.27. The first-order valence-electron chi connectivity index (χ1n) is 4.11. The van der Waals surface area contributed by atoms with Crippen LogP contribution < -0.4 is 5.32 Å². The van der Waals surface area contributed by atoms with Crippen LogP contribution in [0.25, 0.3) is 0 Å². The van der Waals surface area contributed by atoms with Crippen molar-refractivity contribution < 1.29 is 14.7 Å². The van der Waals surface area contributed by atoms with Crippen LogP contribution in [0.1, 0.15) is 22.8 Å². The number of benzene rings is 1. The molecule has 0 radical (unpaired) electrons. The number of amides is 1. The van der Waals surface area contributed by atoms with Crippen LogP contribution in [0.3, 0.4) is 0 Å². The Bertz CT molecular complexity index is 385. The lowest BCUT2D eigenvalue weighted by Crippen LogP contribution is -2.08. The second-order valence-electron chi connectivity index (χ2n) is 2.99. The number of hydrogen-bond donors (Lipinski definition) is 2. The molecule has 0 aliphatic carbocycles. The predicted molar refractivity (Wildman–Crippen MR) is 52.5 cm³/mol. The van der Waals surface area contributed by atoms with Gasteiger partial charge in [-0.1, -0.05) is 6.07 Å². The van der Waals surface area contributed by atoms with E-state index in [0.29, 0.717) is 17.5 Å². The molecule has 0 saturated heterocycles. The number of rotatable bonds is 2. The topological polar surface area (TPSA) is 66.4 Å². The van der Waals surface area contributed by atoms with Crippen molar-refractivity contribution in [2.45, 2.75) is 13.8 Å². The van der Waals surface area contributed by atoms with Gasteiger partial charge in [0.2, 0.25) is 5.91 Å². The Morgan fingerprint density at radius 1 is 1.50 bits per heavy atom. The van der Waals surface area contributed by atoms with E-state index in [1.165, 1.54) is 6.92 Å². The highest BCUT2D eigenvalue weighted by Gasteiger charge is 2.10. The summed E-state index contributed by atoms with van der Waals surface area (Å²) < 4.78 is 0. The number of anilines is 1. The summed E-state index contributed by atoms with van der Waals surface area (Å²) in [5.41, 5.74) is 1.04. The lowest BCUT2D eigenvalue weighted by Gasteiger charge is -2.08. The highest BCUT2D eigenvalue weighted by atomic mass is 16.3. The Labute approximate surface area is 81.6 Å². The van der Waals surface area contributed by atoms with E-state index in [4.69, 9.17) is 0 Å². The minimum atomic E-state index is -0.281. The zero-order valence-electron chi connectivity index (χ0n) is 8.00. The minimum Gasteiger partial charge on any atom is -0.507 e. The van der Waals surface area contributed by atoms with Crippen LogP contribution in [0.2, 0.25) is 0 Å². The van der Waals surface area contributed by atoms with Crippen molar-refractivity contribution in [2.24, 2.45) is 0 Å². The molecule has 1 aromatic carbocycles. The molecular weight excluding hydrogens is 182 g/mol. The van der Waals surface area contributed by atoms with Gasteiger partial charge in [0.05, 0.1) is 11.3 Å². The third-order valence-electron chi connectivity index (χ3n) is 1.85. The van der Waals surface area contributed by atoms with Crippen LogP contribution in [0, 0.1) is 6.92 Å². The van der Waals surface area contributed by atoms with Gasteiger partial charge >= 0.3 is 0 Å². The van der Waals surface area contributed by atoms with Crippen LogP contribution >= 0.6 is 0 Å². The van der Waals surface area contributed by atoms with E-state index in [9.17, 15) is 14.7 Å². The number of carbonyl (C=O) groups is 2. The Balaban J connectivity index is 3.23. The minimum absolute atomic E-state index is 0.0914. The summed E-state index contributed by atoms with van der Waals surface area (Å²) >= 11 is 0. The smallest absolute Gasteiger partial charge is 0.221 e. The molecule has 0 heterocycles. The summed E-state index contributed by atoms with van der Waals surface area (Å²) in [5, 5.41) is 12.0. The van der Waals surface area contributed by atoms with Gasteiger partial charge in [0.15, 0.2) is 6.29 Å². The molecule has 1 rings (SSSR count). The van der Waals surface area contributed by atoms with Crippen molar-refractivity contribution in [3.8, 4) is 5.75 Å². The van der Waals surface area contributed by atoms with E-state index in [1.54, 1.807) is 19.1 Å². The second-order valence-corrected chi connectivity index (χ2v) is 2.99. The maximum absolute atomic E-state index is 10.8. The molecule has 0 atom stereocenters. The fourth-order valence-electron chi connectivity index (χ4n) is 1.13. The largest absolute Gasteiger partial charge is 0.507 e. The molecule has 0 aliphatic rings. The highest BCUT2D eigenvalue weighted by molar-refractivity contribution is 5.97. The monoisotopic (exact) mass is 193 g/mol. The molecule has 2 N–H and O–H groups in total. The predicted octanol–water partition coefficient (Wildman–Crippen LogP) is 1.47. The number of aldehydes is 1. The molecule has 0 saturated carbocycles. The van der Waals surface area contributed by atoms with E-state index in [-0.39, 0.29) is 17.2 Å². The van der Waals surface area contributed by atoms with Crippen molar-refractivity contribution >= 4 is 17.9 Å². The van der Waals surface area contributed by atoms with Crippen LogP contribution in [-0.4, -0.2) is 17.3 Å². The van der Waals surface area contributed by atoms with Gasteiger partial charge in [0.25, 0.3) is 0 Å². The van der Waals surface area contributed by atoms with Gasteiger partial charge < -0.3 is 10.4 Å². The number of phenolic OH excluding ortho intramolecular Hbond substituents is 1. The first-order chi connectivity index (χ1) is 6.56. The zero-order chi connectivity index (χ0) is 10.7. The molecule has 1 aromatic rings. The third-order valence-corrected chi connectivity index (χ3v) is 1.85. The van der Waals surface area contributed by atoms with E-state index in [1.807, 2.05) is 0 Å². The molecule has 1 amide bonds. The molecule has 0 spiro atoms. The molecule has 0 unspecified atom stereocenters. The number of carbonyl (C=O) groups excluding carboxylic acids is 2. The molecule has 0 fully saturated rings. The van der Waals surface area contributed by atoms with Gasteiger partial charge in [-0.15, -0.1) is 0 Å². The van der Waals surface area contributed by atoms with Crippen LogP contribution in [0.15, 0.2) is 12.1 Å². The summed E-state index contributed by atoms with van der Waals surface area (Å²) in [6, 6.07) is 3.22. The van der Waals surface area contributed by atoms with Gasteiger partial charge in [-0.2, -0.15) is 0 Å². The number of phenols is 1.